The molecule has 0 amide bonds. The molecule has 3 rings (SSSR count). The Hall–Kier alpha value is -1.13. The summed E-state index contributed by atoms with van der Waals surface area (Å²) in [5.74, 6) is 0.307. The SMILES string of the molecule is Cc1ncc2c(c1O)C(N1CCC1)OC2. The fourth-order valence-electron chi connectivity index (χ4n) is 2.16. The standard InChI is InChI=1S/C11H14N2O2/c1-7-10(14)9-8(5-12-7)6-15-11(9)13-3-2-4-13/h5,11,14H,2-4,6H2,1H3. The van der Waals surface area contributed by atoms with E-state index in [-0.39, 0.29) is 6.23 Å². The van der Waals surface area contributed by atoms with E-state index in [0.29, 0.717) is 18.1 Å². The van der Waals surface area contributed by atoms with Crippen molar-refractivity contribution in [1.82, 2.24) is 9.88 Å². The molecule has 0 aromatic carbocycles. The third kappa shape index (κ3) is 1.25. The number of ether oxygens (including phenoxy) is 1. The zero-order chi connectivity index (χ0) is 10.4. The number of likely N-dealkylation sites (tertiary alicyclic amines) is 1. The van der Waals surface area contributed by atoms with Gasteiger partial charge in [-0.2, -0.15) is 0 Å². The molecule has 1 atom stereocenters. The van der Waals surface area contributed by atoms with Crippen molar-refractivity contribution >= 4 is 0 Å². The van der Waals surface area contributed by atoms with Crippen LogP contribution in [0.4, 0.5) is 0 Å². The smallest absolute Gasteiger partial charge is 0.144 e. The van der Waals surface area contributed by atoms with Gasteiger partial charge in [0, 0.05) is 30.4 Å². The minimum atomic E-state index is -0.0459. The molecule has 1 unspecified atom stereocenters. The van der Waals surface area contributed by atoms with E-state index in [4.69, 9.17) is 4.74 Å². The van der Waals surface area contributed by atoms with Crippen LogP contribution in [0.2, 0.25) is 0 Å². The normalized spacial score (nSPS) is 25.0. The molecule has 4 heteroatoms. The van der Waals surface area contributed by atoms with E-state index >= 15 is 0 Å². The van der Waals surface area contributed by atoms with Gasteiger partial charge in [-0.15, -0.1) is 0 Å². The molecular weight excluding hydrogens is 192 g/mol. The van der Waals surface area contributed by atoms with E-state index in [2.05, 4.69) is 9.88 Å². The van der Waals surface area contributed by atoms with E-state index in [1.165, 1.54) is 6.42 Å². The molecule has 0 bridgehead atoms. The topological polar surface area (TPSA) is 45.6 Å². The summed E-state index contributed by atoms with van der Waals surface area (Å²) in [7, 11) is 0. The van der Waals surface area contributed by atoms with E-state index < -0.39 is 0 Å². The maximum atomic E-state index is 9.99. The lowest BCUT2D eigenvalue weighted by Gasteiger charge is -2.35. The number of fused-ring (bicyclic) bond motifs is 1. The predicted molar refractivity (Wildman–Crippen MR) is 54.4 cm³/mol. The molecule has 1 aromatic heterocycles. The van der Waals surface area contributed by atoms with Gasteiger partial charge < -0.3 is 9.84 Å². The largest absolute Gasteiger partial charge is 0.506 e. The van der Waals surface area contributed by atoms with Crippen LogP contribution in [0.15, 0.2) is 6.20 Å². The monoisotopic (exact) mass is 206 g/mol. The molecule has 1 saturated heterocycles. The van der Waals surface area contributed by atoms with E-state index in [1.54, 1.807) is 0 Å². The Kier molecular flexibility index (Phi) is 1.94. The zero-order valence-corrected chi connectivity index (χ0v) is 8.73. The molecule has 15 heavy (non-hydrogen) atoms. The van der Waals surface area contributed by atoms with Crippen molar-refractivity contribution in [2.24, 2.45) is 0 Å². The molecule has 0 radical (unpaired) electrons. The number of hydrogen-bond donors (Lipinski definition) is 1. The lowest BCUT2D eigenvalue weighted by Crippen LogP contribution is -2.40. The number of pyridine rings is 1. The number of nitrogens with zero attached hydrogens (tertiary/aromatic N) is 2. The molecule has 3 heterocycles. The second kappa shape index (κ2) is 3.18. The number of rotatable bonds is 1. The summed E-state index contributed by atoms with van der Waals surface area (Å²) in [6.45, 7) is 4.51. The van der Waals surface area contributed by atoms with Gasteiger partial charge in [0.05, 0.1) is 12.3 Å². The number of hydrogen-bond acceptors (Lipinski definition) is 4. The molecule has 1 N–H and O–H groups in total. The summed E-state index contributed by atoms with van der Waals surface area (Å²) in [5, 5.41) is 9.99. The van der Waals surface area contributed by atoms with Gasteiger partial charge in [-0.05, 0) is 13.3 Å². The molecule has 2 aliphatic rings. The van der Waals surface area contributed by atoms with Crippen LogP contribution in [-0.4, -0.2) is 28.1 Å². The molecule has 1 aromatic rings. The highest BCUT2D eigenvalue weighted by Gasteiger charge is 2.35. The summed E-state index contributed by atoms with van der Waals surface area (Å²) in [5.41, 5.74) is 2.64. The van der Waals surface area contributed by atoms with Crippen molar-refractivity contribution in [3.63, 3.8) is 0 Å². The molecule has 4 nitrogen and oxygen atoms in total. The number of aromatic nitrogens is 1. The van der Waals surface area contributed by atoms with Crippen molar-refractivity contribution in [3.8, 4) is 5.75 Å². The van der Waals surface area contributed by atoms with Gasteiger partial charge in [0.2, 0.25) is 0 Å². The van der Waals surface area contributed by atoms with Gasteiger partial charge in [0.25, 0.3) is 0 Å². The van der Waals surface area contributed by atoms with Crippen LogP contribution in [0.1, 0.15) is 29.5 Å². The maximum absolute atomic E-state index is 9.99. The van der Waals surface area contributed by atoms with Gasteiger partial charge in [0.1, 0.15) is 12.0 Å². The highest BCUT2D eigenvalue weighted by atomic mass is 16.5. The fourth-order valence-corrected chi connectivity index (χ4v) is 2.16. The van der Waals surface area contributed by atoms with Crippen LogP contribution in [0.25, 0.3) is 0 Å². The van der Waals surface area contributed by atoms with E-state index in [0.717, 1.165) is 24.2 Å². The van der Waals surface area contributed by atoms with Crippen molar-refractivity contribution in [2.45, 2.75) is 26.2 Å². The Balaban J connectivity index is 2.03. The van der Waals surface area contributed by atoms with Crippen molar-refractivity contribution < 1.29 is 9.84 Å². The van der Waals surface area contributed by atoms with Crippen LogP contribution in [-0.2, 0) is 11.3 Å². The zero-order valence-electron chi connectivity index (χ0n) is 8.73. The molecule has 0 aliphatic carbocycles. The van der Waals surface area contributed by atoms with Crippen LogP contribution in [0.5, 0.6) is 5.75 Å². The first-order chi connectivity index (χ1) is 7.27. The number of aryl methyl sites for hydroxylation is 1. The average molecular weight is 206 g/mol. The van der Waals surface area contributed by atoms with Crippen LogP contribution in [0, 0.1) is 6.92 Å². The quantitative estimate of drug-likeness (QED) is 0.753. The van der Waals surface area contributed by atoms with Crippen molar-refractivity contribution in [1.29, 1.82) is 0 Å². The van der Waals surface area contributed by atoms with Gasteiger partial charge in [-0.3, -0.25) is 9.88 Å². The Morgan fingerprint density at radius 3 is 3.00 bits per heavy atom. The van der Waals surface area contributed by atoms with E-state index in [1.807, 2.05) is 13.1 Å². The van der Waals surface area contributed by atoms with E-state index in [9.17, 15) is 5.11 Å². The minimum absolute atomic E-state index is 0.0459. The molecule has 2 aliphatic heterocycles. The third-order valence-corrected chi connectivity index (χ3v) is 3.22. The predicted octanol–water partition coefficient (Wildman–Crippen LogP) is 1.33. The van der Waals surface area contributed by atoms with Gasteiger partial charge >= 0.3 is 0 Å². The van der Waals surface area contributed by atoms with Gasteiger partial charge in [-0.25, -0.2) is 0 Å². The first kappa shape index (κ1) is 9.12. The maximum Gasteiger partial charge on any atom is 0.144 e. The average Bonchev–Trinajstić information content (AvgIpc) is 2.54. The molecular formula is C11H14N2O2. The first-order valence-electron chi connectivity index (χ1n) is 5.30. The Labute approximate surface area is 88.5 Å². The lowest BCUT2D eigenvalue weighted by molar-refractivity contribution is -0.0805. The minimum Gasteiger partial charge on any atom is -0.506 e. The van der Waals surface area contributed by atoms with Crippen molar-refractivity contribution in [2.75, 3.05) is 13.1 Å². The molecule has 0 spiro atoms. The molecule has 80 valence electrons. The van der Waals surface area contributed by atoms with Crippen LogP contribution in [0.3, 0.4) is 0 Å². The molecule has 0 saturated carbocycles. The van der Waals surface area contributed by atoms with Crippen LogP contribution >= 0.6 is 0 Å². The third-order valence-electron chi connectivity index (χ3n) is 3.22. The Morgan fingerprint density at radius 1 is 1.53 bits per heavy atom. The Bertz CT molecular complexity index is 402. The van der Waals surface area contributed by atoms with Crippen molar-refractivity contribution in [3.05, 3.63) is 23.0 Å². The summed E-state index contributed by atoms with van der Waals surface area (Å²) in [4.78, 5) is 6.38. The summed E-state index contributed by atoms with van der Waals surface area (Å²) in [6, 6.07) is 0. The van der Waals surface area contributed by atoms with Gasteiger partial charge in [0.15, 0.2) is 0 Å². The second-order valence-electron chi connectivity index (χ2n) is 4.18. The van der Waals surface area contributed by atoms with Gasteiger partial charge in [-0.1, -0.05) is 0 Å². The molecule has 1 fully saturated rings. The lowest BCUT2D eigenvalue weighted by atomic mass is 10.1. The second-order valence-corrected chi connectivity index (χ2v) is 4.18. The fraction of sp³-hybridized carbons (Fsp3) is 0.545. The summed E-state index contributed by atoms with van der Waals surface area (Å²) < 4.78 is 5.69. The highest BCUT2D eigenvalue weighted by molar-refractivity contribution is 5.43. The summed E-state index contributed by atoms with van der Waals surface area (Å²) >= 11 is 0. The van der Waals surface area contributed by atoms with Crippen LogP contribution < -0.4 is 0 Å². The first-order valence-corrected chi connectivity index (χ1v) is 5.30. The Morgan fingerprint density at radius 2 is 2.33 bits per heavy atom. The number of aromatic hydroxyl groups is 1. The highest BCUT2D eigenvalue weighted by Crippen LogP contribution is 2.41. The summed E-state index contributed by atoms with van der Waals surface area (Å²) in [6.07, 6.45) is 2.99.